The molecule has 0 aliphatic rings. The van der Waals surface area contributed by atoms with Crippen molar-refractivity contribution >= 4 is 0 Å². The largest absolute Gasteiger partial charge is 0.394 e. The van der Waals surface area contributed by atoms with Gasteiger partial charge >= 0.3 is 0 Å². The molecule has 0 saturated carbocycles. The van der Waals surface area contributed by atoms with E-state index in [0.717, 1.165) is 6.61 Å². The average molecular weight is 162 g/mol. The number of aliphatic hydroxyl groups excluding tert-OH is 1. The van der Waals surface area contributed by atoms with Gasteiger partial charge in [0.05, 0.1) is 13.2 Å². The summed E-state index contributed by atoms with van der Waals surface area (Å²) in [5.41, 5.74) is 0. The Bertz CT molecular complexity index is 79.4. The van der Waals surface area contributed by atoms with Crippen LogP contribution in [0, 0.1) is 5.92 Å². The summed E-state index contributed by atoms with van der Waals surface area (Å²) in [6.07, 6.45) is -0.172. The van der Waals surface area contributed by atoms with E-state index in [1.807, 2.05) is 0 Å². The van der Waals surface area contributed by atoms with Gasteiger partial charge in [-0.3, -0.25) is 0 Å². The normalized spacial score (nSPS) is 13.9. The van der Waals surface area contributed by atoms with Gasteiger partial charge in [-0.15, -0.1) is 0 Å². The highest BCUT2D eigenvalue weighted by Crippen LogP contribution is 1.95. The minimum Gasteiger partial charge on any atom is -0.394 e. The summed E-state index contributed by atoms with van der Waals surface area (Å²) >= 11 is 0. The first-order chi connectivity index (χ1) is 5.20. The molecule has 1 atom stereocenters. The van der Waals surface area contributed by atoms with Crippen molar-refractivity contribution in [2.45, 2.75) is 20.0 Å². The van der Waals surface area contributed by atoms with Gasteiger partial charge in [0.1, 0.15) is 6.10 Å². The van der Waals surface area contributed by atoms with Crippen molar-refractivity contribution in [1.29, 1.82) is 0 Å². The molecule has 1 N–H and O–H groups in total. The topological polar surface area (TPSA) is 38.7 Å². The molecule has 0 rings (SSSR count). The maximum absolute atomic E-state index is 8.69. The molecule has 0 aromatic rings. The Kier molecular flexibility index (Phi) is 6.51. The number of ether oxygens (including phenoxy) is 2. The number of aliphatic hydroxyl groups is 1. The van der Waals surface area contributed by atoms with Gasteiger partial charge in [-0.1, -0.05) is 13.8 Å². The molecule has 0 heterocycles. The van der Waals surface area contributed by atoms with Gasteiger partial charge in [0, 0.05) is 13.7 Å². The zero-order chi connectivity index (χ0) is 8.69. The quantitative estimate of drug-likeness (QED) is 0.623. The molecule has 0 aliphatic carbocycles. The third-order valence-corrected chi connectivity index (χ3v) is 1.29. The van der Waals surface area contributed by atoms with Crippen LogP contribution in [0.1, 0.15) is 13.8 Å². The Morgan fingerprint density at radius 2 is 1.91 bits per heavy atom. The van der Waals surface area contributed by atoms with E-state index in [0.29, 0.717) is 12.5 Å². The van der Waals surface area contributed by atoms with Gasteiger partial charge in [0.2, 0.25) is 0 Å². The summed E-state index contributed by atoms with van der Waals surface area (Å²) in [6, 6.07) is 0. The minimum absolute atomic E-state index is 0.0224. The molecule has 0 saturated heterocycles. The second-order valence-electron chi connectivity index (χ2n) is 2.97. The van der Waals surface area contributed by atoms with Crippen LogP contribution in [-0.2, 0) is 9.47 Å². The zero-order valence-corrected chi connectivity index (χ0v) is 7.54. The van der Waals surface area contributed by atoms with Crippen LogP contribution < -0.4 is 0 Å². The lowest BCUT2D eigenvalue weighted by atomic mass is 10.2. The fourth-order valence-electron chi connectivity index (χ4n) is 0.630. The third kappa shape index (κ3) is 6.28. The molecule has 0 bridgehead atoms. The Labute approximate surface area is 68.3 Å². The lowest BCUT2D eigenvalue weighted by Gasteiger charge is -2.13. The molecular weight excluding hydrogens is 144 g/mol. The van der Waals surface area contributed by atoms with Crippen LogP contribution in [0.5, 0.6) is 0 Å². The van der Waals surface area contributed by atoms with Crippen LogP contribution in [0.3, 0.4) is 0 Å². The van der Waals surface area contributed by atoms with E-state index in [2.05, 4.69) is 13.8 Å². The van der Waals surface area contributed by atoms with Crippen molar-refractivity contribution in [2.24, 2.45) is 5.92 Å². The Hall–Kier alpha value is -0.120. The Morgan fingerprint density at radius 3 is 2.27 bits per heavy atom. The Balaban J connectivity index is 3.21. The van der Waals surface area contributed by atoms with E-state index >= 15 is 0 Å². The van der Waals surface area contributed by atoms with Crippen LogP contribution in [0.2, 0.25) is 0 Å². The summed E-state index contributed by atoms with van der Waals surface area (Å²) < 4.78 is 10.2. The highest BCUT2D eigenvalue weighted by Gasteiger charge is 2.04. The third-order valence-electron chi connectivity index (χ3n) is 1.29. The average Bonchev–Trinajstić information content (AvgIpc) is 1.98. The van der Waals surface area contributed by atoms with Crippen molar-refractivity contribution in [2.75, 3.05) is 26.9 Å². The van der Waals surface area contributed by atoms with E-state index < -0.39 is 0 Å². The molecule has 3 nitrogen and oxygen atoms in total. The van der Waals surface area contributed by atoms with Gasteiger partial charge in [0.15, 0.2) is 0 Å². The predicted octanol–water partition coefficient (Wildman–Crippen LogP) is 0.666. The first-order valence-electron chi connectivity index (χ1n) is 3.92. The van der Waals surface area contributed by atoms with E-state index in [4.69, 9.17) is 14.6 Å². The fourth-order valence-corrected chi connectivity index (χ4v) is 0.630. The minimum atomic E-state index is -0.172. The molecule has 3 heteroatoms. The van der Waals surface area contributed by atoms with E-state index in [9.17, 15) is 0 Å². The molecule has 0 fully saturated rings. The number of methoxy groups -OCH3 is 1. The summed E-state index contributed by atoms with van der Waals surface area (Å²) in [5, 5.41) is 8.69. The van der Waals surface area contributed by atoms with E-state index in [-0.39, 0.29) is 12.7 Å². The molecule has 1 unspecified atom stereocenters. The molecule has 0 aromatic carbocycles. The molecule has 0 amide bonds. The SMILES string of the molecule is COC(CO)COCC(C)C. The first kappa shape index (κ1) is 10.9. The standard InChI is InChI=1S/C8H18O3/c1-7(2)5-11-6-8(4-9)10-3/h7-9H,4-6H2,1-3H3. The zero-order valence-electron chi connectivity index (χ0n) is 7.54. The fraction of sp³-hybridized carbons (Fsp3) is 1.00. The second kappa shape index (κ2) is 6.58. The molecular formula is C8H18O3. The number of hydrogen-bond acceptors (Lipinski definition) is 3. The highest BCUT2D eigenvalue weighted by atomic mass is 16.5. The van der Waals surface area contributed by atoms with Crippen molar-refractivity contribution in [1.82, 2.24) is 0 Å². The van der Waals surface area contributed by atoms with Crippen molar-refractivity contribution in [3.63, 3.8) is 0 Å². The monoisotopic (exact) mass is 162 g/mol. The molecule has 0 aliphatic heterocycles. The lowest BCUT2D eigenvalue weighted by Crippen LogP contribution is -2.23. The summed E-state index contributed by atoms with van der Waals surface area (Å²) in [6.45, 7) is 5.39. The molecule has 0 radical (unpaired) electrons. The van der Waals surface area contributed by atoms with Crippen LogP contribution in [0.4, 0.5) is 0 Å². The first-order valence-corrected chi connectivity index (χ1v) is 3.92. The van der Waals surface area contributed by atoms with Crippen LogP contribution >= 0.6 is 0 Å². The van der Waals surface area contributed by atoms with Crippen LogP contribution in [0.25, 0.3) is 0 Å². The van der Waals surface area contributed by atoms with Gasteiger partial charge in [-0.2, -0.15) is 0 Å². The highest BCUT2D eigenvalue weighted by molar-refractivity contribution is 4.52. The molecule has 68 valence electrons. The summed E-state index contributed by atoms with van der Waals surface area (Å²) in [5.74, 6) is 0.534. The Morgan fingerprint density at radius 1 is 1.27 bits per heavy atom. The van der Waals surface area contributed by atoms with Crippen LogP contribution in [0.15, 0.2) is 0 Å². The summed E-state index contributed by atoms with van der Waals surface area (Å²) in [7, 11) is 1.57. The molecule has 11 heavy (non-hydrogen) atoms. The maximum atomic E-state index is 8.69. The van der Waals surface area contributed by atoms with Crippen molar-refractivity contribution in [3.8, 4) is 0 Å². The molecule has 0 aromatic heterocycles. The second-order valence-corrected chi connectivity index (χ2v) is 2.97. The molecule has 0 spiro atoms. The van der Waals surface area contributed by atoms with Gasteiger partial charge in [-0.25, -0.2) is 0 Å². The van der Waals surface area contributed by atoms with Gasteiger partial charge in [0.25, 0.3) is 0 Å². The smallest absolute Gasteiger partial charge is 0.103 e. The maximum Gasteiger partial charge on any atom is 0.103 e. The lowest BCUT2D eigenvalue weighted by molar-refractivity contribution is -0.0254. The van der Waals surface area contributed by atoms with E-state index in [1.54, 1.807) is 7.11 Å². The van der Waals surface area contributed by atoms with Crippen molar-refractivity contribution in [3.05, 3.63) is 0 Å². The van der Waals surface area contributed by atoms with Gasteiger partial charge < -0.3 is 14.6 Å². The predicted molar refractivity (Wildman–Crippen MR) is 43.5 cm³/mol. The number of rotatable bonds is 6. The summed E-state index contributed by atoms with van der Waals surface area (Å²) in [4.78, 5) is 0. The van der Waals surface area contributed by atoms with Crippen LogP contribution in [-0.4, -0.2) is 38.1 Å². The van der Waals surface area contributed by atoms with E-state index in [1.165, 1.54) is 0 Å². The van der Waals surface area contributed by atoms with Crippen molar-refractivity contribution < 1.29 is 14.6 Å². The number of hydrogen-bond donors (Lipinski definition) is 1. The van der Waals surface area contributed by atoms with Gasteiger partial charge in [-0.05, 0) is 5.92 Å².